The summed E-state index contributed by atoms with van der Waals surface area (Å²) in [4.78, 5) is 0. The van der Waals surface area contributed by atoms with Crippen LogP contribution in [0.25, 0.3) is 0 Å². The van der Waals surface area contributed by atoms with Crippen LogP contribution in [0, 0.1) is 6.04 Å². The Hall–Kier alpha value is -0.0400. The van der Waals surface area contributed by atoms with Crippen LogP contribution < -0.4 is 5.32 Å². The number of nitrogens with one attached hydrogen (secondary N) is 1. The summed E-state index contributed by atoms with van der Waals surface area (Å²) in [6.45, 7) is 3.31. The molecule has 5 heavy (non-hydrogen) atoms. The van der Waals surface area contributed by atoms with Crippen molar-refractivity contribution in [2.24, 2.45) is 0 Å². The van der Waals surface area contributed by atoms with Crippen LogP contribution in [0.3, 0.4) is 0 Å². The molecule has 29 valence electrons. The van der Waals surface area contributed by atoms with Gasteiger partial charge in [-0.25, -0.2) is 0 Å². The highest BCUT2D eigenvalue weighted by molar-refractivity contribution is 4.90. The highest BCUT2D eigenvalue weighted by atomic mass is 15.0. The summed E-state index contributed by atoms with van der Waals surface area (Å²) in [6.07, 6.45) is 1.29. The van der Waals surface area contributed by atoms with E-state index in [9.17, 15) is 0 Å². The Morgan fingerprint density at radius 3 is 2.20 bits per heavy atom. The Morgan fingerprint density at radius 2 is 2.20 bits per heavy atom. The minimum Gasteiger partial charge on any atom is -0.310 e. The standard InChI is InChI=1S/C4H8N/c1-4-2-3-5-4/h5H,2-3H2,1H3. The zero-order valence-corrected chi connectivity index (χ0v) is 3.41. The first-order chi connectivity index (χ1) is 2.39. The molecule has 0 aromatic rings. The lowest BCUT2D eigenvalue weighted by atomic mass is 10.1. The SMILES string of the molecule is C[C]1CCN1. The molecule has 0 aromatic heterocycles. The molecule has 0 saturated carbocycles. The summed E-state index contributed by atoms with van der Waals surface area (Å²) >= 11 is 0. The van der Waals surface area contributed by atoms with Gasteiger partial charge in [0.05, 0.1) is 0 Å². The predicted octanol–water partition coefficient (Wildman–Crippen LogP) is 0.532. The van der Waals surface area contributed by atoms with E-state index in [0.29, 0.717) is 0 Å². The molecule has 1 heterocycles. The van der Waals surface area contributed by atoms with Gasteiger partial charge in [0, 0.05) is 6.04 Å². The largest absolute Gasteiger partial charge is 0.310 e. The van der Waals surface area contributed by atoms with Gasteiger partial charge in [0.25, 0.3) is 0 Å². The lowest BCUT2D eigenvalue weighted by Gasteiger charge is -2.21. The summed E-state index contributed by atoms with van der Waals surface area (Å²) in [7, 11) is 0. The molecule has 0 aliphatic carbocycles. The average Bonchev–Trinajstić information content (AvgIpc) is 1.30. The molecule has 1 fully saturated rings. The van der Waals surface area contributed by atoms with Crippen molar-refractivity contribution in [3.63, 3.8) is 0 Å². The maximum Gasteiger partial charge on any atom is 0.0345 e. The van der Waals surface area contributed by atoms with E-state index in [1.54, 1.807) is 0 Å². The second-order valence-corrected chi connectivity index (χ2v) is 1.46. The molecule has 1 rings (SSSR count). The van der Waals surface area contributed by atoms with E-state index in [2.05, 4.69) is 12.2 Å². The predicted molar refractivity (Wildman–Crippen MR) is 21.5 cm³/mol. The van der Waals surface area contributed by atoms with Crippen LogP contribution in [0.5, 0.6) is 0 Å². The normalized spacial score (nSPS) is 25.8. The molecule has 1 nitrogen and oxygen atoms in total. The van der Waals surface area contributed by atoms with Crippen LogP contribution in [-0.2, 0) is 0 Å². The fraction of sp³-hybridized carbons (Fsp3) is 0.750. The number of rotatable bonds is 0. The fourth-order valence-electron chi connectivity index (χ4n) is 0.375. The monoisotopic (exact) mass is 70.1 g/mol. The van der Waals surface area contributed by atoms with Crippen molar-refractivity contribution in [2.45, 2.75) is 13.3 Å². The number of hydrogen-bond acceptors (Lipinski definition) is 1. The average molecular weight is 70.1 g/mol. The maximum absolute atomic E-state index is 3.12. The zero-order chi connectivity index (χ0) is 3.70. The van der Waals surface area contributed by atoms with E-state index in [1.165, 1.54) is 19.0 Å². The molecule has 1 N–H and O–H groups in total. The lowest BCUT2D eigenvalue weighted by molar-refractivity contribution is 0.524. The van der Waals surface area contributed by atoms with Crippen LogP contribution >= 0.6 is 0 Å². The van der Waals surface area contributed by atoms with E-state index in [4.69, 9.17) is 0 Å². The molecular weight excluding hydrogens is 62.1 g/mol. The van der Waals surface area contributed by atoms with Crippen LogP contribution in [0.2, 0.25) is 0 Å². The minimum atomic E-state index is 1.20. The van der Waals surface area contributed by atoms with Crippen molar-refractivity contribution < 1.29 is 0 Å². The van der Waals surface area contributed by atoms with Crippen molar-refractivity contribution in [1.29, 1.82) is 0 Å². The van der Waals surface area contributed by atoms with Gasteiger partial charge in [-0.2, -0.15) is 0 Å². The molecule has 0 aromatic carbocycles. The highest BCUT2D eigenvalue weighted by Crippen LogP contribution is 2.06. The van der Waals surface area contributed by atoms with Gasteiger partial charge in [-0.05, 0) is 19.9 Å². The molecule has 1 aliphatic heterocycles. The quantitative estimate of drug-likeness (QED) is 0.438. The minimum absolute atomic E-state index is 1.20. The Labute approximate surface area is 32.4 Å². The molecule has 1 radical (unpaired) electrons. The molecule has 1 saturated heterocycles. The Bertz CT molecular complexity index is 30.6. The van der Waals surface area contributed by atoms with Crippen molar-refractivity contribution in [1.82, 2.24) is 5.32 Å². The van der Waals surface area contributed by atoms with Crippen LogP contribution in [0.15, 0.2) is 0 Å². The van der Waals surface area contributed by atoms with Crippen LogP contribution in [-0.4, -0.2) is 6.54 Å². The summed E-state index contributed by atoms with van der Waals surface area (Å²) in [5, 5.41) is 3.12. The van der Waals surface area contributed by atoms with E-state index >= 15 is 0 Å². The third kappa shape index (κ3) is 0.428. The molecule has 1 aliphatic rings. The fourth-order valence-corrected chi connectivity index (χ4v) is 0.375. The third-order valence-corrected chi connectivity index (χ3v) is 0.927. The number of hydrogen-bond donors (Lipinski definition) is 1. The molecule has 0 atom stereocenters. The summed E-state index contributed by atoms with van der Waals surface area (Å²) in [5.74, 6) is 0. The molecule has 1 heteroatoms. The lowest BCUT2D eigenvalue weighted by Crippen LogP contribution is -2.32. The van der Waals surface area contributed by atoms with Crippen molar-refractivity contribution in [3.05, 3.63) is 6.04 Å². The van der Waals surface area contributed by atoms with Crippen molar-refractivity contribution >= 4 is 0 Å². The van der Waals surface area contributed by atoms with E-state index in [1.807, 2.05) is 0 Å². The summed E-state index contributed by atoms with van der Waals surface area (Å²) in [5.41, 5.74) is 0. The van der Waals surface area contributed by atoms with Crippen molar-refractivity contribution in [2.75, 3.05) is 6.54 Å². The van der Waals surface area contributed by atoms with E-state index in [-0.39, 0.29) is 0 Å². The Morgan fingerprint density at radius 1 is 1.80 bits per heavy atom. The van der Waals surface area contributed by atoms with Gasteiger partial charge >= 0.3 is 0 Å². The van der Waals surface area contributed by atoms with Gasteiger partial charge < -0.3 is 5.32 Å². The van der Waals surface area contributed by atoms with Gasteiger partial charge in [0.15, 0.2) is 0 Å². The first-order valence-corrected chi connectivity index (χ1v) is 1.96. The van der Waals surface area contributed by atoms with Gasteiger partial charge in [0.2, 0.25) is 0 Å². The van der Waals surface area contributed by atoms with Gasteiger partial charge in [-0.15, -0.1) is 0 Å². The summed E-state index contributed by atoms with van der Waals surface area (Å²) in [6, 6.07) is 1.44. The van der Waals surface area contributed by atoms with Gasteiger partial charge in [-0.3, -0.25) is 0 Å². The maximum atomic E-state index is 3.12. The molecule has 0 spiro atoms. The van der Waals surface area contributed by atoms with E-state index < -0.39 is 0 Å². The zero-order valence-electron chi connectivity index (χ0n) is 3.41. The van der Waals surface area contributed by atoms with Crippen LogP contribution in [0.1, 0.15) is 13.3 Å². The second-order valence-electron chi connectivity index (χ2n) is 1.46. The second kappa shape index (κ2) is 0.977. The topological polar surface area (TPSA) is 12.0 Å². The smallest absolute Gasteiger partial charge is 0.0345 e. The molecule has 0 bridgehead atoms. The molecular formula is C4H8N. The first kappa shape index (κ1) is 3.16. The summed E-state index contributed by atoms with van der Waals surface area (Å²) < 4.78 is 0. The van der Waals surface area contributed by atoms with Gasteiger partial charge in [-0.1, -0.05) is 0 Å². The van der Waals surface area contributed by atoms with Crippen LogP contribution in [0.4, 0.5) is 0 Å². The third-order valence-electron chi connectivity index (χ3n) is 0.927. The van der Waals surface area contributed by atoms with E-state index in [0.717, 1.165) is 0 Å². The molecule has 0 unspecified atom stereocenters. The van der Waals surface area contributed by atoms with Gasteiger partial charge in [0.1, 0.15) is 0 Å². The molecule has 0 amide bonds. The Balaban J connectivity index is 2.08. The highest BCUT2D eigenvalue weighted by Gasteiger charge is 2.08. The Kier molecular flexibility index (Phi) is 0.618. The van der Waals surface area contributed by atoms with Crippen molar-refractivity contribution in [3.8, 4) is 0 Å². The first-order valence-electron chi connectivity index (χ1n) is 1.96.